The van der Waals surface area contributed by atoms with E-state index in [4.69, 9.17) is 10.6 Å². The number of benzene rings is 1. The summed E-state index contributed by atoms with van der Waals surface area (Å²) >= 11 is 0. The number of carbonyl (C=O) groups excluding carboxylic acids is 3. The molecule has 192 valence electrons. The zero-order valence-corrected chi connectivity index (χ0v) is 21.5. The minimum Gasteiger partial charge on any atom is -0.370 e. The minimum atomic E-state index is -0.407. The van der Waals surface area contributed by atoms with E-state index in [-0.39, 0.29) is 29.1 Å². The van der Waals surface area contributed by atoms with Crippen LogP contribution in [-0.4, -0.2) is 36.9 Å². The molecular formula is C26H44N4O4. The van der Waals surface area contributed by atoms with Crippen molar-refractivity contribution in [3.63, 3.8) is 0 Å². The van der Waals surface area contributed by atoms with Gasteiger partial charge >= 0.3 is 0 Å². The second kappa shape index (κ2) is 15.5. The summed E-state index contributed by atoms with van der Waals surface area (Å²) in [6.45, 7) is 11.6. The van der Waals surface area contributed by atoms with Gasteiger partial charge in [0.2, 0.25) is 17.7 Å². The van der Waals surface area contributed by atoms with E-state index in [1.807, 2.05) is 51.1 Å². The number of hydrogen-bond acceptors (Lipinski definition) is 5. The highest BCUT2D eigenvalue weighted by atomic mass is 16.6. The smallest absolute Gasteiger partial charge is 0.243 e. The van der Waals surface area contributed by atoms with Gasteiger partial charge in [-0.25, -0.2) is 5.48 Å². The fourth-order valence-electron chi connectivity index (χ4n) is 3.80. The Morgan fingerprint density at radius 1 is 1.06 bits per heavy atom. The third kappa shape index (κ3) is 13.3. The van der Waals surface area contributed by atoms with Gasteiger partial charge in [-0.05, 0) is 48.6 Å². The summed E-state index contributed by atoms with van der Waals surface area (Å²) in [6.07, 6.45) is 2.84. The number of hydrogen-bond donors (Lipinski definition) is 4. The average molecular weight is 477 g/mol. The normalized spacial score (nSPS) is 13.4. The van der Waals surface area contributed by atoms with Crippen LogP contribution in [0.2, 0.25) is 0 Å². The van der Waals surface area contributed by atoms with Crippen LogP contribution in [0.4, 0.5) is 0 Å². The van der Waals surface area contributed by atoms with Gasteiger partial charge in [0.25, 0.3) is 0 Å². The van der Waals surface area contributed by atoms with Gasteiger partial charge in [-0.1, -0.05) is 65.0 Å². The fourth-order valence-corrected chi connectivity index (χ4v) is 3.80. The number of nitrogens with one attached hydrogen (secondary N) is 3. The van der Waals surface area contributed by atoms with E-state index >= 15 is 0 Å². The van der Waals surface area contributed by atoms with Crippen LogP contribution < -0.4 is 21.8 Å². The largest absolute Gasteiger partial charge is 0.370 e. The van der Waals surface area contributed by atoms with Crippen LogP contribution in [0.5, 0.6) is 0 Å². The lowest BCUT2D eigenvalue weighted by molar-refractivity contribution is -0.135. The highest BCUT2D eigenvalue weighted by Crippen LogP contribution is 2.21. The summed E-state index contributed by atoms with van der Waals surface area (Å²) < 4.78 is 0. The van der Waals surface area contributed by atoms with Gasteiger partial charge in [0.1, 0.15) is 0 Å². The third-order valence-corrected chi connectivity index (χ3v) is 5.43. The van der Waals surface area contributed by atoms with E-state index < -0.39 is 6.04 Å². The topological polar surface area (TPSA) is 123 Å². The van der Waals surface area contributed by atoms with Crippen LogP contribution in [-0.2, 0) is 25.8 Å². The Bertz CT molecular complexity index is 747. The Morgan fingerprint density at radius 3 is 2.32 bits per heavy atom. The van der Waals surface area contributed by atoms with Gasteiger partial charge in [-0.15, -0.1) is 0 Å². The molecule has 5 N–H and O–H groups in total. The van der Waals surface area contributed by atoms with Crippen LogP contribution in [0.1, 0.15) is 72.3 Å². The summed E-state index contributed by atoms with van der Waals surface area (Å²) in [5.74, 6) is -0.100. The van der Waals surface area contributed by atoms with E-state index in [2.05, 4.69) is 30.0 Å². The zero-order valence-electron chi connectivity index (χ0n) is 21.5. The predicted octanol–water partition coefficient (Wildman–Crippen LogP) is 3.06. The molecule has 0 radical (unpaired) electrons. The summed E-state index contributed by atoms with van der Waals surface area (Å²) in [5, 5.41) is 6.36. The molecule has 0 aromatic heterocycles. The SMILES string of the molecule is CC(C)CC(CN[C@H](C(=O)NCCCCC(N)=O)C(C)(C)C)CC(=O)NOCc1ccccc1. The number of nitrogens with two attached hydrogens (primary N) is 1. The number of amides is 3. The maximum absolute atomic E-state index is 12.9. The van der Waals surface area contributed by atoms with Crippen molar-refractivity contribution in [3.8, 4) is 0 Å². The van der Waals surface area contributed by atoms with Gasteiger partial charge in [-0.3, -0.25) is 19.2 Å². The second-order valence-corrected chi connectivity index (χ2v) is 10.4. The third-order valence-electron chi connectivity index (χ3n) is 5.43. The molecular weight excluding hydrogens is 432 g/mol. The Morgan fingerprint density at radius 2 is 1.74 bits per heavy atom. The maximum atomic E-state index is 12.9. The molecule has 34 heavy (non-hydrogen) atoms. The highest BCUT2D eigenvalue weighted by Gasteiger charge is 2.31. The molecule has 0 aliphatic rings. The monoisotopic (exact) mass is 476 g/mol. The van der Waals surface area contributed by atoms with Gasteiger partial charge in [0.05, 0.1) is 12.6 Å². The van der Waals surface area contributed by atoms with Crippen molar-refractivity contribution in [1.29, 1.82) is 0 Å². The lowest BCUT2D eigenvalue weighted by atomic mass is 9.85. The number of primary amides is 1. The summed E-state index contributed by atoms with van der Waals surface area (Å²) in [4.78, 5) is 41.6. The van der Waals surface area contributed by atoms with Crippen LogP contribution in [0.25, 0.3) is 0 Å². The summed E-state index contributed by atoms with van der Waals surface area (Å²) in [7, 11) is 0. The molecule has 0 saturated heterocycles. The van der Waals surface area contributed by atoms with Crippen LogP contribution >= 0.6 is 0 Å². The lowest BCUT2D eigenvalue weighted by Crippen LogP contribution is -2.53. The Balaban J connectivity index is 2.57. The predicted molar refractivity (Wildman–Crippen MR) is 134 cm³/mol. The van der Waals surface area contributed by atoms with Crippen LogP contribution in [0.15, 0.2) is 30.3 Å². The first-order valence-corrected chi connectivity index (χ1v) is 12.2. The fraction of sp³-hybridized carbons (Fsp3) is 0.654. The number of hydroxylamine groups is 1. The Labute approximate surface area is 204 Å². The molecule has 0 saturated carbocycles. The molecule has 1 aromatic rings. The molecule has 2 atom stereocenters. The van der Waals surface area contributed by atoms with Crippen molar-refractivity contribution >= 4 is 17.7 Å². The first kappa shape index (κ1) is 29.6. The molecule has 0 bridgehead atoms. The molecule has 8 nitrogen and oxygen atoms in total. The molecule has 8 heteroatoms. The standard InChI is InChI=1S/C26H44N4O4/c1-19(2)15-21(16-23(32)30-34-18-20-11-7-6-8-12-20)17-29-24(26(3,4)5)25(33)28-14-10-9-13-22(27)31/h6-8,11-12,19,21,24,29H,9-10,13-18H2,1-5H3,(H2,27,31)(H,28,33)(H,30,32)/t21?,24-/m1/s1. The van der Waals surface area contributed by atoms with Gasteiger partial charge in [0, 0.05) is 19.4 Å². The van der Waals surface area contributed by atoms with Gasteiger partial charge < -0.3 is 16.4 Å². The number of carbonyl (C=O) groups is 3. The quantitative estimate of drug-likeness (QED) is 0.216. The molecule has 1 unspecified atom stereocenters. The summed E-state index contributed by atoms with van der Waals surface area (Å²) in [6, 6.07) is 9.25. The van der Waals surface area contributed by atoms with E-state index in [0.717, 1.165) is 12.0 Å². The number of rotatable bonds is 16. The molecule has 0 heterocycles. The lowest BCUT2D eigenvalue weighted by Gasteiger charge is -2.32. The molecule has 1 rings (SSSR count). The van der Waals surface area contributed by atoms with Gasteiger partial charge in [-0.2, -0.15) is 0 Å². The molecule has 3 amide bonds. The number of unbranched alkanes of at least 4 members (excludes halogenated alkanes) is 1. The van der Waals surface area contributed by atoms with Crippen molar-refractivity contribution in [2.24, 2.45) is 23.0 Å². The van der Waals surface area contributed by atoms with Crippen LogP contribution in [0, 0.1) is 17.3 Å². The Hall–Kier alpha value is -2.45. The van der Waals surface area contributed by atoms with E-state index in [0.29, 0.717) is 51.3 Å². The zero-order chi connectivity index (χ0) is 25.6. The van der Waals surface area contributed by atoms with E-state index in [9.17, 15) is 14.4 Å². The molecule has 0 spiro atoms. The maximum Gasteiger partial charge on any atom is 0.243 e. The van der Waals surface area contributed by atoms with E-state index in [1.54, 1.807) is 0 Å². The highest BCUT2D eigenvalue weighted by molar-refractivity contribution is 5.82. The van der Waals surface area contributed by atoms with Crippen molar-refractivity contribution < 1.29 is 19.2 Å². The van der Waals surface area contributed by atoms with Crippen LogP contribution in [0.3, 0.4) is 0 Å². The molecule has 0 aliphatic heterocycles. The van der Waals surface area contributed by atoms with E-state index in [1.165, 1.54) is 0 Å². The van der Waals surface area contributed by atoms with Crippen molar-refractivity contribution in [3.05, 3.63) is 35.9 Å². The van der Waals surface area contributed by atoms with Crippen molar-refractivity contribution in [2.75, 3.05) is 13.1 Å². The molecule has 0 fully saturated rings. The Kier molecular flexibility index (Phi) is 13.4. The van der Waals surface area contributed by atoms with Crippen molar-refractivity contribution in [1.82, 2.24) is 16.1 Å². The van der Waals surface area contributed by atoms with Gasteiger partial charge in [0.15, 0.2) is 0 Å². The molecule has 0 aliphatic carbocycles. The minimum absolute atomic E-state index is 0.0635. The molecule has 1 aromatic carbocycles. The second-order valence-electron chi connectivity index (χ2n) is 10.4. The van der Waals surface area contributed by atoms with Crippen molar-refractivity contribution in [2.45, 2.75) is 79.4 Å². The summed E-state index contributed by atoms with van der Waals surface area (Å²) in [5.41, 5.74) is 8.38. The average Bonchev–Trinajstić information content (AvgIpc) is 2.72. The first-order valence-electron chi connectivity index (χ1n) is 12.2. The first-order chi connectivity index (χ1) is 16.0.